The standard InChI is InChI=1S/C35H40F2N4O5S/c1-46-35(43)40-33(32(23-12-14-26(36)15-13-23)25-6-2-5-24(19-25)22-10-11-22)34(42)39-31-9-3-8-30(37)29(31)17-16-28-20-38-27-7-4-18-47(44,45)41(28)21-27/h2-3,5-6,8-9,12-15,19,22,27-28,32-33,38H,4,7,10-11,16-18,20-21H2,1H3,(H,39,42)(H,40,43)/t27?,28?,32-,33-/m0/s1. The fourth-order valence-corrected chi connectivity index (χ4v) is 8.66. The van der Waals surface area contributed by atoms with Crippen LogP contribution < -0.4 is 16.0 Å². The highest BCUT2D eigenvalue weighted by Gasteiger charge is 2.38. The minimum atomic E-state index is -3.43. The number of piperazine rings is 1. The Morgan fingerprint density at radius 3 is 2.53 bits per heavy atom. The summed E-state index contributed by atoms with van der Waals surface area (Å²) in [5, 5.41) is 8.96. The van der Waals surface area contributed by atoms with Crippen LogP contribution >= 0.6 is 0 Å². The molecule has 5 atom stereocenters. The lowest BCUT2D eigenvalue weighted by atomic mass is 9.83. The monoisotopic (exact) mass is 666 g/mol. The molecule has 2 saturated heterocycles. The van der Waals surface area contributed by atoms with E-state index in [1.54, 1.807) is 22.5 Å². The van der Waals surface area contributed by atoms with E-state index in [4.69, 9.17) is 4.74 Å². The van der Waals surface area contributed by atoms with Gasteiger partial charge in [0.25, 0.3) is 0 Å². The first-order valence-corrected chi connectivity index (χ1v) is 17.7. The number of halogens is 2. The Morgan fingerprint density at radius 1 is 1.02 bits per heavy atom. The number of nitrogens with one attached hydrogen (secondary N) is 3. The van der Waals surface area contributed by atoms with E-state index in [2.05, 4.69) is 16.0 Å². The molecule has 3 unspecified atom stereocenters. The molecule has 1 saturated carbocycles. The number of ether oxygens (including phenoxy) is 1. The molecule has 250 valence electrons. The maximum atomic E-state index is 15.4. The van der Waals surface area contributed by atoms with Crippen LogP contribution in [0.4, 0.5) is 19.3 Å². The van der Waals surface area contributed by atoms with Crippen molar-refractivity contribution in [2.24, 2.45) is 0 Å². The second-order valence-corrected chi connectivity index (χ2v) is 14.7. The smallest absolute Gasteiger partial charge is 0.407 e. The summed E-state index contributed by atoms with van der Waals surface area (Å²) >= 11 is 0. The maximum Gasteiger partial charge on any atom is 0.407 e. The molecule has 0 spiro atoms. The van der Waals surface area contributed by atoms with Gasteiger partial charge in [0.2, 0.25) is 15.9 Å². The molecule has 6 rings (SSSR count). The quantitative estimate of drug-likeness (QED) is 0.280. The first-order valence-electron chi connectivity index (χ1n) is 16.1. The third-order valence-electron chi connectivity index (χ3n) is 9.49. The summed E-state index contributed by atoms with van der Waals surface area (Å²) in [5.41, 5.74) is 2.92. The van der Waals surface area contributed by atoms with Gasteiger partial charge in [-0.25, -0.2) is 22.0 Å². The van der Waals surface area contributed by atoms with Crippen molar-refractivity contribution in [3.8, 4) is 0 Å². The lowest BCUT2D eigenvalue weighted by Gasteiger charge is -2.37. The van der Waals surface area contributed by atoms with Crippen LogP contribution in [0.25, 0.3) is 0 Å². The van der Waals surface area contributed by atoms with Crippen molar-refractivity contribution < 1.29 is 31.5 Å². The Morgan fingerprint density at radius 2 is 1.79 bits per heavy atom. The van der Waals surface area contributed by atoms with Crippen LogP contribution in [-0.2, 0) is 26.0 Å². The molecular weight excluding hydrogens is 626 g/mol. The number of fused-ring (bicyclic) bond motifs is 2. The summed E-state index contributed by atoms with van der Waals surface area (Å²) in [7, 11) is -2.23. The summed E-state index contributed by atoms with van der Waals surface area (Å²) in [4.78, 5) is 26.9. The SMILES string of the molecule is COC(=O)N[C@H](C(=O)Nc1cccc(F)c1CCC1CNC2CCCS(=O)(=O)N1C2)[C@@H](c1ccc(F)cc1)c1cccc(C2CC2)c1. The van der Waals surface area contributed by atoms with Crippen molar-refractivity contribution >= 4 is 27.7 Å². The molecule has 2 heterocycles. The Kier molecular flexibility index (Phi) is 9.90. The predicted octanol–water partition coefficient (Wildman–Crippen LogP) is 5.04. The number of anilines is 1. The molecule has 3 N–H and O–H groups in total. The van der Waals surface area contributed by atoms with Crippen LogP contribution in [0.15, 0.2) is 66.7 Å². The first kappa shape index (κ1) is 33.0. The second-order valence-electron chi connectivity index (χ2n) is 12.7. The molecule has 1 aliphatic carbocycles. The summed E-state index contributed by atoms with van der Waals surface area (Å²) in [6.07, 6.45) is 3.20. The molecule has 3 fully saturated rings. The summed E-state index contributed by atoms with van der Waals surface area (Å²) in [6, 6.07) is 16.5. The Hall–Kier alpha value is -3.87. The zero-order valence-electron chi connectivity index (χ0n) is 26.3. The highest BCUT2D eigenvalue weighted by Crippen LogP contribution is 2.41. The van der Waals surface area contributed by atoms with Gasteiger partial charge in [-0.15, -0.1) is 0 Å². The minimum absolute atomic E-state index is 0.0933. The number of methoxy groups -OCH3 is 1. The molecule has 0 radical (unpaired) electrons. The van der Waals surface area contributed by atoms with Gasteiger partial charge in [0, 0.05) is 42.3 Å². The largest absolute Gasteiger partial charge is 0.453 e. The Balaban J connectivity index is 1.30. The van der Waals surface area contributed by atoms with Crippen molar-refractivity contribution in [1.82, 2.24) is 14.9 Å². The van der Waals surface area contributed by atoms with E-state index in [0.29, 0.717) is 37.4 Å². The molecule has 3 aliphatic rings. The van der Waals surface area contributed by atoms with Crippen LogP contribution in [0.5, 0.6) is 0 Å². The number of amides is 2. The van der Waals surface area contributed by atoms with Crippen LogP contribution in [0.2, 0.25) is 0 Å². The van der Waals surface area contributed by atoms with Gasteiger partial charge in [-0.1, -0.05) is 42.5 Å². The molecule has 3 aromatic rings. The van der Waals surface area contributed by atoms with Crippen molar-refractivity contribution in [2.75, 3.05) is 31.3 Å². The van der Waals surface area contributed by atoms with E-state index in [-0.39, 0.29) is 35.5 Å². The molecule has 0 aromatic heterocycles. The third-order valence-corrected chi connectivity index (χ3v) is 11.5. The van der Waals surface area contributed by atoms with Gasteiger partial charge < -0.3 is 20.7 Å². The first-order chi connectivity index (χ1) is 22.6. The maximum absolute atomic E-state index is 15.4. The molecule has 2 bridgehead atoms. The topological polar surface area (TPSA) is 117 Å². The van der Waals surface area contributed by atoms with Crippen molar-refractivity contribution in [2.45, 2.75) is 68.5 Å². The lowest BCUT2D eigenvalue weighted by molar-refractivity contribution is -0.118. The Labute approximate surface area is 274 Å². The van der Waals surface area contributed by atoms with Crippen molar-refractivity contribution in [3.05, 3.63) is 101 Å². The lowest BCUT2D eigenvalue weighted by Crippen LogP contribution is -2.57. The van der Waals surface area contributed by atoms with Crippen molar-refractivity contribution in [1.29, 1.82) is 0 Å². The van der Waals surface area contributed by atoms with Gasteiger partial charge in [-0.3, -0.25) is 4.79 Å². The molecule has 9 nitrogen and oxygen atoms in total. The number of rotatable bonds is 10. The molecule has 3 aromatic carbocycles. The van der Waals surface area contributed by atoms with E-state index in [1.165, 1.54) is 31.4 Å². The number of nitrogens with zero attached hydrogens (tertiary/aromatic N) is 1. The van der Waals surface area contributed by atoms with Crippen molar-refractivity contribution in [3.63, 3.8) is 0 Å². The van der Waals surface area contributed by atoms with Gasteiger partial charge in [0.15, 0.2) is 0 Å². The fourth-order valence-electron chi connectivity index (χ4n) is 6.85. The summed E-state index contributed by atoms with van der Waals surface area (Å²) in [5.74, 6) is -1.81. The Bertz CT molecular complexity index is 1720. The van der Waals surface area contributed by atoms with Crippen LogP contribution in [0, 0.1) is 11.6 Å². The number of benzene rings is 3. The second kappa shape index (κ2) is 14.1. The van der Waals surface area contributed by atoms with Gasteiger partial charge in [0.05, 0.1) is 12.9 Å². The molecule has 2 aliphatic heterocycles. The third kappa shape index (κ3) is 7.66. The van der Waals surface area contributed by atoms with Gasteiger partial charge in [0.1, 0.15) is 17.7 Å². The number of carbonyl (C=O) groups is 2. The molecular formula is C35H40F2N4O5S. The highest BCUT2D eigenvalue weighted by molar-refractivity contribution is 7.89. The van der Waals surface area contributed by atoms with E-state index in [1.807, 2.05) is 24.3 Å². The normalized spacial score (nSPS) is 23.2. The average molecular weight is 667 g/mol. The zero-order valence-corrected chi connectivity index (χ0v) is 27.1. The number of carbonyl (C=O) groups excluding carboxylic acids is 2. The highest BCUT2D eigenvalue weighted by atomic mass is 32.2. The van der Waals surface area contributed by atoms with E-state index in [9.17, 15) is 22.4 Å². The predicted molar refractivity (Wildman–Crippen MR) is 175 cm³/mol. The zero-order chi connectivity index (χ0) is 33.1. The average Bonchev–Trinajstić information content (AvgIpc) is 3.92. The molecule has 2 amide bonds. The van der Waals surface area contributed by atoms with E-state index >= 15 is 4.39 Å². The van der Waals surface area contributed by atoms with Gasteiger partial charge in [-0.05, 0) is 85.4 Å². The number of sulfonamides is 1. The molecule has 47 heavy (non-hydrogen) atoms. The number of alkyl carbamates (subject to hydrolysis) is 1. The van der Waals surface area contributed by atoms with E-state index in [0.717, 1.165) is 30.4 Å². The number of hydrogen-bond acceptors (Lipinski definition) is 6. The molecule has 12 heteroatoms. The summed E-state index contributed by atoms with van der Waals surface area (Å²) < 4.78 is 61.8. The van der Waals surface area contributed by atoms with Crippen LogP contribution in [0.3, 0.4) is 0 Å². The van der Waals surface area contributed by atoms with Crippen LogP contribution in [-0.4, -0.2) is 68.8 Å². The minimum Gasteiger partial charge on any atom is -0.453 e. The van der Waals surface area contributed by atoms with Gasteiger partial charge in [-0.2, -0.15) is 4.31 Å². The van der Waals surface area contributed by atoms with Crippen LogP contribution in [0.1, 0.15) is 66.2 Å². The fraction of sp³-hybridized carbons (Fsp3) is 0.429. The summed E-state index contributed by atoms with van der Waals surface area (Å²) in [6.45, 7) is 0.853. The van der Waals surface area contributed by atoms with E-state index < -0.39 is 45.6 Å². The van der Waals surface area contributed by atoms with Gasteiger partial charge >= 0.3 is 6.09 Å². The number of hydrogen-bond donors (Lipinski definition) is 3.